The smallest absolute Gasteiger partial charge is 0.307 e. The first-order valence-electron chi connectivity index (χ1n) is 6.43. The molecule has 1 aromatic rings. The van der Waals surface area contributed by atoms with Gasteiger partial charge in [-0.15, -0.1) is 0 Å². The summed E-state index contributed by atoms with van der Waals surface area (Å²) in [4.78, 5) is 25.4. The van der Waals surface area contributed by atoms with Crippen LogP contribution < -0.4 is 5.32 Å². The summed E-state index contributed by atoms with van der Waals surface area (Å²) in [6, 6.07) is 7.47. The maximum Gasteiger partial charge on any atom is 0.307 e. The molecule has 20 heavy (non-hydrogen) atoms. The first-order chi connectivity index (χ1) is 9.60. The van der Waals surface area contributed by atoms with Gasteiger partial charge in [0, 0.05) is 24.1 Å². The topological polar surface area (TPSA) is 58.6 Å². The number of carbonyl (C=O) groups excluding carboxylic acids is 2. The molecule has 1 aromatic carbocycles. The van der Waals surface area contributed by atoms with Gasteiger partial charge in [-0.1, -0.05) is 28.1 Å². The highest BCUT2D eigenvalue weighted by Crippen LogP contribution is 2.17. The van der Waals surface area contributed by atoms with Crippen molar-refractivity contribution in [2.24, 2.45) is 0 Å². The predicted molar refractivity (Wildman–Crippen MR) is 78.0 cm³/mol. The maximum atomic E-state index is 11.9. The number of hydrogen-bond acceptors (Lipinski definition) is 4. The minimum atomic E-state index is -0.463. The molecule has 5 nitrogen and oxygen atoms in total. The fourth-order valence-corrected chi connectivity index (χ4v) is 2.73. The van der Waals surface area contributed by atoms with Crippen LogP contribution in [0.15, 0.2) is 28.7 Å². The van der Waals surface area contributed by atoms with Gasteiger partial charge < -0.3 is 10.1 Å². The van der Waals surface area contributed by atoms with Crippen LogP contribution in [0.25, 0.3) is 0 Å². The Kier molecular flexibility index (Phi) is 5.14. The van der Waals surface area contributed by atoms with Gasteiger partial charge in [-0.3, -0.25) is 14.5 Å². The third kappa shape index (κ3) is 3.80. The molecule has 1 N–H and O–H groups in total. The molecule has 1 unspecified atom stereocenters. The number of rotatable bonds is 4. The molecular weight excluding hydrogens is 324 g/mol. The van der Waals surface area contributed by atoms with Crippen molar-refractivity contribution in [1.29, 1.82) is 0 Å². The lowest BCUT2D eigenvalue weighted by molar-refractivity contribution is -0.146. The Morgan fingerprint density at radius 3 is 3.05 bits per heavy atom. The number of nitrogens with one attached hydrogen (secondary N) is 1. The molecule has 0 saturated carbocycles. The van der Waals surface area contributed by atoms with Gasteiger partial charge in [-0.05, 0) is 17.7 Å². The molecule has 1 aliphatic heterocycles. The summed E-state index contributed by atoms with van der Waals surface area (Å²) in [5.74, 6) is -0.483. The Morgan fingerprint density at radius 2 is 2.35 bits per heavy atom. The minimum absolute atomic E-state index is 0.0797. The van der Waals surface area contributed by atoms with E-state index in [1.807, 2.05) is 29.2 Å². The van der Waals surface area contributed by atoms with E-state index in [9.17, 15) is 9.59 Å². The van der Waals surface area contributed by atoms with Gasteiger partial charge >= 0.3 is 5.97 Å². The van der Waals surface area contributed by atoms with E-state index >= 15 is 0 Å². The van der Waals surface area contributed by atoms with E-state index in [1.54, 1.807) is 0 Å². The van der Waals surface area contributed by atoms with Gasteiger partial charge in [-0.2, -0.15) is 0 Å². The van der Waals surface area contributed by atoms with E-state index in [4.69, 9.17) is 0 Å². The van der Waals surface area contributed by atoms with Gasteiger partial charge in [0.15, 0.2) is 0 Å². The Balaban J connectivity index is 2.10. The fraction of sp³-hybridized carbons (Fsp3) is 0.429. The van der Waals surface area contributed by atoms with E-state index in [1.165, 1.54) is 7.11 Å². The maximum absolute atomic E-state index is 11.9. The summed E-state index contributed by atoms with van der Waals surface area (Å²) in [5.41, 5.74) is 1.10. The third-order valence-corrected chi connectivity index (χ3v) is 3.80. The van der Waals surface area contributed by atoms with E-state index < -0.39 is 6.04 Å². The van der Waals surface area contributed by atoms with E-state index in [-0.39, 0.29) is 18.3 Å². The molecule has 1 heterocycles. The lowest BCUT2D eigenvalue weighted by Gasteiger charge is -2.34. The van der Waals surface area contributed by atoms with E-state index in [0.717, 1.165) is 16.6 Å². The summed E-state index contributed by atoms with van der Waals surface area (Å²) in [6.45, 7) is 1.96. The van der Waals surface area contributed by atoms with Crippen LogP contribution in [0, 0.1) is 0 Å². The fourth-order valence-electron chi connectivity index (χ4n) is 2.28. The molecule has 0 aromatic heterocycles. The van der Waals surface area contributed by atoms with Gasteiger partial charge in [-0.25, -0.2) is 0 Å². The Morgan fingerprint density at radius 1 is 1.55 bits per heavy atom. The van der Waals surface area contributed by atoms with E-state index in [2.05, 4.69) is 26.0 Å². The number of methoxy groups -OCH3 is 1. The molecule has 6 heteroatoms. The number of esters is 1. The summed E-state index contributed by atoms with van der Waals surface area (Å²) >= 11 is 3.43. The van der Waals surface area contributed by atoms with Crippen LogP contribution in [0.3, 0.4) is 0 Å². The van der Waals surface area contributed by atoms with Crippen LogP contribution in [0.2, 0.25) is 0 Å². The predicted octanol–water partition coefficient (Wildman–Crippen LogP) is 1.31. The zero-order valence-corrected chi connectivity index (χ0v) is 12.9. The van der Waals surface area contributed by atoms with Gasteiger partial charge in [0.1, 0.15) is 6.04 Å². The van der Waals surface area contributed by atoms with Crippen LogP contribution in [0.5, 0.6) is 0 Å². The summed E-state index contributed by atoms with van der Waals surface area (Å²) in [7, 11) is 1.34. The van der Waals surface area contributed by atoms with Crippen LogP contribution in [-0.2, 0) is 20.9 Å². The Hall–Kier alpha value is -1.40. The van der Waals surface area contributed by atoms with Gasteiger partial charge in [0.2, 0.25) is 5.91 Å². The SMILES string of the molecule is COC(=O)CC1C(=O)NCCN1Cc1cccc(Br)c1. The van der Waals surface area contributed by atoms with Crippen molar-refractivity contribution in [3.63, 3.8) is 0 Å². The number of hydrogen-bond donors (Lipinski definition) is 1. The minimum Gasteiger partial charge on any atom is -0.469 e. The average molecular weight is 341 g/mol. The molecule has 0 bridgehead atoms. The highest BCUT2D eigenvalue weighted by molar-refractivity contribution is 9.10. The number of amides is 1. The van der Waals surface area contributed by atoms with Crippen molar-refractivity contribution in [3.8, 4) is 0 Å². The Bertz CT molecular complexity index is 507. The van der Waals surface area contributed by atoms with Crippen molar-refractivity contribution < 1.29 is 14.3 Å². The van der Waals surface area contributed by atoms with Gasteiger partial charge in [0.25, 0.3) is 0 Å². The number of nitrogens with zero attached hydrogens (tertiary/aromatic N) is 1. The lowest BCUT2D eigenvalue weighted by atomic mass is 10.1. The molecule has 1 saturated heterocycles. The van der Waals surface area contributed by atoms with E-state index in [0.29, 0.717) is 13.1 Å². The molecule has 2 rings (SSSR count). The van der Waals surface area contributed by atoms with Crippen molar-refractivity contribution in [1.82, 2.24) is 10.2 Å². The summed E-state index contributed by atoms with van der Waals surface area (Å²) in [5, 5.41) is 2.79. The standard InChI is InChI=1S/C14H17BrN2O3/c1-20-13(18)8-12-14(19)16-5-6-17(12)9-10-3-2-4-11(15)7-10/h2-4,7,12H,5-6,8-9H2,1H3,(H,16,19). The summed E-state index contributed by atoms with van der Waals surface area (Å²) in [6.07, 6.45) is 0.0797. The average Bonchev–Trinajstić information content (AvgIpc) is 2.42. The van der Waals surface area contributed by atoms with Crippen molar-refractivity contribution in [2.45, 2.75) is 19.0 Å². The highest BCUT2D eigenvalue weighted by Gasteiger charge is 2.31. The third-order valence-electron chi connectivity index (χ3n) is 3.30. The van der Waals surface area contributed by atoms with Gasteiger partial charge in [0.05, 0.1) is 13.5 Å². The zero-order valence-electron chi connectivity index (χ0n) is 11.3. The Labute approximate surface area is 126 Å². The monoisotopic (exact) mass is 340 g/mol. The molecule has 1 fully saturated rings. The summed E-state index contributed by atoms with van der Waals surface area (Å²) < 4.78 is 5.67. The second-order valence-electron chi connectivity index (χ2n) is 4.69. The molecule has 0 aliphatic carbocycles. The highest BCUT2D eigenvalue weighted by atomic mass is 79.9. The van der Waals surface area contributed by atoms with Crippen LogP contribution in [0.1, 0.15) is 12.0 Å². The molecule has 1 aliphatic rings. The van der Waals surface area contributed by atoms with Crippen LogP contribution in [0.4, 0.5) is 0 Å². The van der Waals surface area contributed by atoms with Crippen molar-refractivity contribution >= 4 is 27.8 Å². The number of benzene rings is 1. The quantitative estimate of drug-likeness (QED) is 0.839. The van der Waals surface area contributed by atoms with Crippen LogP contribution in [-0.4, -0.2) is 43.0 Å². The van der Waals surface area contributed by atoms with Crippen molar-refractivity contribution in [2.75, 3.05) is 20.2 Å². The molecule has 1 atom stereocenters. The molecule has 1 amide bonds. The lowest BCUT2D eigenvalue weighted by Crippen LogP contribution is -2.55. The molecular formula is C14H17BrN2O3. The second kappa shape index (κ2) is 6.85. The number of piperazine rings is 1. The number of ether oxygens (including phenoxy) is 1. The number of halogens is 1. The van der Waals surface area contributed by atoms with Crippen LogP contribution >= 0.6 is 15.9 Å². The molecule has 0 spiro atoms. The molecule has 108 valence electrons. The normalized spacial score (nSPS) is 19.5. The number of carbonyl (C=O) groups is 2. The zero-order chi connectivity index (χ0) is 14.5. The largest absolute Gasteiger partial charge is 0.469 e. The first kappa shape index (κ1) is 15.0. The first-order valence-corrected chi connectivity index (χ1v) is 7.22. The second-order valence-corrected chi connectivity index (χ2v) is 5.60. The van der Waals surface area contributed by atoms with Crippen molar-refractivity contribution in [3.05, 3.63) is 34.3 Å². The molecule has 0 radical (unpaired) electrons.